The summed E-state index contributed by atoms with van der Waals surface area (Å²) in [5.74, 6) is 0.569. The monoisotopic (exact) mass is 245 g/mol. The first-order valence-corrected chi connectivity index (χ1v) is 7.46. The number of nitrogens with two attached hydrogens (primary N) is 1. The van der Waals surface area contributed by atoms with Gasteiger partial charge in [-0.2, -0.15) is 0 Å². The van der Waals surface area contributed by atoms with Gasteiger partial charge in [-0.05, 0) is 35.2 Å². The minimum atomic E-state index is 0.352. The number of fused-ring (bicyclic) bond motifs is 1. The second kappa shape index (κ2) is 4.79. The molecule has 2 aromatic rings. The number of benzene rings is 1. The van der Waals surface area contributed by atoms with Crippen LogP contribution in [0.3, 0.4) is 0 Å². The first kappa shape index (κ1) is 11.2. The predicted octanol–water partition coefficient (Wildman–Crippen LogP) is 4.28. The molecule has 2 unspecified atom stereocenters. The fourth-order valence-electron chi connectivity index (χ4n) is 3.03. The van der Waals surface area contributed by atoms with Crippen LogP contribution in [0.4, 0.5) is 0 Å². The van der Waals surface area contributed by atoms with Crippen LogP contribution in [0.2, 0.25) is 0 Å². The van der Waals surface area contributed by atoms with Crippen molar-refractivity contribution >= 4 is 21.4 Å². The predicted molar refractivity (Wildman–Crippen MR) is 75.6 cm³/mol. The van der Waals surface area contributed by atoms with Crippen LogP contribution in [0.1, 0.15) is 43.6 Å². The Morgan fingerprint density at radius 2 is 1.94 bits per heavy atom. The fourth-order valence-corrected chi connectivity index (χ4v) is 4.01. The van der Waals surface area contributed by atoms with Gasteiger partial charge in [0.15, 0.2) is 0 Å². The Balaban J connectivity index is 2.03. The normalized spacial score (nSPS) is 25.9. The van der Waals surface area contributed by atoms with Crippen molar-refractivity contribution in [2.75, 3.05) is 0 Å². The van der Waals surface area contributed by atoms with Crippen LogP contribution in [0, 0.1) is 0 Å². The molecule has 1 nitrogen and oxygen atoms in total. The quantitative estimate of drug-likeness (QED) is 0.746. The molecule has 0 amide bonds. The summed E-state index contributed by atoms with van der Waals surface area (Å²) in [6, 6.07) is 9.24. The lowest BCUT2D eigenvalue weighted by Crippen LogP contribution is -2.27. The van der Waals surface area contributed by atoms with Crippen LogP contribution >= 0.6 is 11.3 Å². The zero-order valence-electron chi connectivity index (χ0n) is 10.1. The summed E-state index contributed by atoms with van der Waals surface area (Å²) in [4.78, 5) is 0. The van der Waals surface area contributed by atoms with Gasteiger partial charge in [0.05, 0.1) is 0 Å². The van der Waals surface area contributed by atoms with Gasteiger partial charge < -0.3 is 5.73 Å². The van der Waals surface area contributed by atoms with Crippen molar-refractivity contribution in [1.82, 2.24) is 0 Å². The Bertz CT molecular complexity index is 502. The molecule has 1 aromatic heterocycles. The molecule has 2 atom stereocenters. The summed E-state index contributed by atoms with van der Waals surface area (Å²) in [6.07, 6.45) is 6.44. The standard InChI is InChI=1S/C15H19NS/c16-14-8-3-1-2-6-12(14)13-7-4-5-11-9-10-17-15(11)13/h4-5,7,9-10,12,14H,1-3,6,8,16H2. The smallest absolute Gasteiger partial charge is 0.0378 e. The zero-order chi connectivity index (χ0) is 11.7. The molecule has 0 saturated heterocycles. The molecule has 0 bridgehead atoms. The maximum Gasteiger partial charge on any atom is 0.0378 e. The Morgan fingerprint density at radius 3 is 2.88 bits per heavy atom. The van der Waals surface area contributed by atoms with Crippen molar-refractivity contribution in [3.8, 4) is 0 Å². The van der Waals surface area contributed by atoms with Gasteiger partial charge in [0.25, 0.3) is 0 Å². The van der Waals surface area contributed by atoms with E-state index in [0.717, 1.165) is 0 Å². The Labute approximate surface area is 107 Å². The number of hydrogen-bond acceptors (Lipinski definition) is 2. The van der Waals surface area contributed by atoms with Gasteiger partial charge in [-0.25, -0.2) is 0 Å². The Hall–Kier alpha value is -0.860. The second-order valence-electron chi connectivity index (χ2n) is 5.09. The molecule has 2 heteroatoms. The van der Waals surface area contributed by atoms with Crippen LogP contribution in [-0.4, -0.2) is 6.04 Å². The Morgan fingerprint density at radius 1 is 1.06 bits per heavy atom. The van der Waals surface area contributed by atoms with Gasteiger partial charge in [-0.1, -0.05) is 37.5 Å². The molecule has 90 valence electrons. The molecule has 1 fully saturated rings. The topological polar surface area (TPSA) is 26.0 Å². The molecule has 2 N–H and O–H groups in total. The second-order valence-corrected chi connectivity index (χ2v) is 6.01. The average molecular weight is 245 g/mol. The zero-order valence-corrected chi connectivity index (χ0v) is 10.9. The van der Waals surface area contributed by atoms with Crippen molar-refractivity contribution in [3.05, 3.63) is 35.2 Å². The van der Waals surface area contributed by atoms with Gasteiger partial charge in [0, 0.05) is 16.7 Å². The van der Waals surface area contributed by atoms with Crippen LogP contribution in [-0.2, 0) is 0 Å². The van der Waals surface area contributed by atoms with Gasteiger partial charge in [0.2, 0.25) is 0 Å². The Kier molecular flexibility index (Phi) is 3.17. The molecule has 0 spiro atoms. The molecule has 1 heterocycles. The van der Waals surface area contributed by atoms with Gasteiger partial charge >= 0.3 is 0 Å². The maximum atomic E-state index is 6.38. The van der Waals surface area contributed by atoms with Crippen molar-refractivity contribution in [2.24, 2.45) is 5.73 Å². The van der Waals surface area contributed by atoms with E-state index in [4.69, 9.17) is 5.73 Å². The summed E-state index contributed by atoms with van der Waals surface area (Å²) >= 11 is 1.86. The molecule has 1 saturated carbocycles. The summed E-state index contributed by atoms with van der Waals surface area (Å²) in [5, 5.41) is 3.57. The van der Waals surface area contributed by atoms with E-state index in [1.165, 1.54) is 47.8 Å². The highest BCUT2D eigenvalue weighted by molar-refractivity contribution is 7.17. The molecule has 0 radical (unpaired) electrons. The van der Waals surface area contributed by atoms with Crippen molar-refractivity contribution in [3.63, 3.8) is 0 Å². The van der Waals surface area contributed by atoms with E-state index in [2.05, 4.69) is 29.6 Å². The fraction of sp³-hybridized carbons (Fsp3) is 0.467. The van der Waals surface area contributed by atoms with E-state index in [1.54, 1.807) is 0 Å². The number of rotatable bonds is 1. The third kappa shape index (κ3) is 2.12. The molecule has 1 aliphatic rings. The number of hydrogen-bond donors (Lipinski definition) is 1. The molecule has 3 rings (SSSR count). The highest BCUT2D eigenvalue weighted by Gasteiger charge is 2.23. The van der Waals surface area contributed by atoms with Gasteiger partial charge in [0.1, 0.15) is 0 Å². The molecule has 1 aliphatic carbocycles. The van der Waals surface area contributed by atoms with Crippen LogP contribution < -0.4 is 5.73 Å². The van der Waals surface area contributed by atoms with Crippen LogP contribution in [0.5, 0.6) is 0 Å². The van der Waals surface area contributed by atoms with Crippen molar-refractivity contribution < 1.29 is 0 Å². The minimum Gasteiger partial charge on any atom is -0.327 e. The summed E-state index contributed by atoms with van der Waals surface area (Å²) in [5.41, 5.74) is 7.87. The lowest BCUT2D eigenvalue weighted by Gasteiger charge is -2.22. The molecule has 17 heavy (non-hydrogen) atoms. The lowest BCUT2D eigenvalue weighted by molar-refractivity contribution is 0.508. The van der Waals surface area contributed by atoms with Crippen molar-refractivity contribution in [2.45, 2.75) is 44.1 Å². The first-order chi connectivity index (χ1) is 8.36. The maximum absolute atomic E-state index is 6.38. The highest BCUT2D eigenvalue weighted by atomic mass is 32.1. The van der Waals surface area contributed by atoms with E-state index in [-0.39, 0.29) is 0 Å². The third-order valence-corrected chi connectivity index (χ3v) is 4.96. The van der Waals surface area contributed by atoms with E-state index in [9.17, 15) is 0 Å². The van der Waals surface area contributed by atoms with Crippen LogP contribution in [0.25, 0.3) is 10.1 Å². The summed E-state index contributed by atoms with van der Waals surface area (Å²) in [7, 11) is 0. The summed E-state index contributed by atoms with van der Waals surface area (Å²) < 4.78 is 1.45. The largest absolute Gasteiger partial charge is 0.327 e. The molecular formula is C15H19NS. The average Bonchev–Trinajstić information content (AvgIpc) is 2.72. The lowest BCUT2D eigenvalue weighted by atomic mass is 9.87. The number of thiophene rings is 1. The first-order valence-electron chi connectivity index (χ1n) is 6.58. The highest BCUT2D eigenvalue weighted by Crippen LogP contribution is 2.36. The minimum absolute atomic E-state index is 0.352. The van der Waals surface area contributed by atoms with Crippen LogP contribution in [0.15, 0.2) is 29.6 Å². The van der Waals surface area contributed by atoms with E-state index in [1.807, 2.05) is 11.3 Å². The molecule has 1 aromatic carbocycles. The SMILES string of the molecule is NC1CCCCCC1c1cccc2ccsc12. The van der Waals surface area contributed by atoms with Gasteiger partial charge in [-0.3, -0.25) is 0 Å². The summed E-state index contributed by atoms with van der Waals surface area (Å²) in [6.45, 7) is 0. The van der Waals surface area contributed by atoms with E-state index < -0.39 is 0 Å². The van der Waals surface area contributed by atoms with Gasteiger partial charge in [-0.15, -0.1) is 11.3 Å². The third-order valence-electron chi connectivity index (χ3n) is 3.98. The van der Waals surface area contributed by atoms with E-state index >= 15 is 0 Å². The van der Waals surface area contributed by atoms with E-state index in [0.29, 0.717) is 12.0 Å². The molecule has 0 aliphatic heterocycles. The molecular weight excluding hydrogens is 226 g/mol. The van der Waals surface area contributed by atoms with Crippen molar-refractivity contribution in [1.29, 1.82) is 0 Å².